The number of Topliss-reactive ketones (excluding diaryl/α,β-unsaturated/α-hetero) is 1. The van der Waals surface area contributed by atoms with Crippen molar-refractivity contribution < 1.29 is 4.79 Å². The first-order valence-corrected chi connectivity index (χ1v) is 2.09. The molecule has 3 nitrogen and oxygen atoms in total. The summed E-state index contributed by atoms with van der Waals surface area (Å²) in [6, 6.07) is 0. The number of carbonyl (C=O) groups is 1. The van der Waals surface area contributed by atoms with E-state index in [4.69, 9.17) is 5.73 Å². The monoisotopic (exact) mass is 98.0 g/mol. The smallest absolute Gasteiger partial charge is 0.161 e. The summed E-state index contributed by atoms with van der Waals surface area (Å²) in [5.74, 6) is 0.600. The van der Waals surface area contributed by atoms with Gasteiger partial charge in [0.1, 0.15) is 5.84 Å². The molecule has 0 unspecified atom stereocenters. The molecule has 0 saturated carbocycles. The zero-order chi connectivity index (χ0) is 5.28. The maximum Gasteiger partial charge on any atom is 0.161 e. The van der Waals surface area contributed by atoms with Gasteiger partial charge in [-0.25, -0.2) is 0 Å². The Balaban J connectivity index is 2.58. The third-order valence-corrected chi connectivity index (χ3v) is 0.837. The number of nitrogens with zero attached hydrogens (tertiary/aromatic N) is 1. The highest BCUT2D eigenvalue weighted by molar-refractivity contribution is 6.05. The minimum absolute atomic E-state index is 0.123. The van der Waals surface area contributed by atoms with Crippen LogP contribution in [0.25, 0.3) is 0 Å². The van der Waals surface area contributed by atoms with Gasteiger partial charge in [0.2, 0.25) is 0 Å². The first kappa shape index (κ1) is 4.30. The van der Waals surface area contributed by atoms with E-state index in [2.05, 4.69) is 4.99 Å². The second-order valence-corrected chi connectivity index (χ2v) is 1.52. The maximum atomic E-state index is 10.3. The highest BCUT2D eigenvalue weighted by Crippen LogP contribution is 1.93. The lowest BCUT2D eigenvalue weighted by atomic mass is 10.3. The van der Waals surface area contributed by atoms with Gasteiger partial charge in [-0.1, -0.05) is 0 Å². The molecular weight excluding hydrogens is 92.1 g/mol. The zero-order valence-electron chi connectivity index (χ0n) is 3.85. The van der Waals surface area contributed by atoms with Crippen LogP contribution in [0.3, 0.4) is 0 Å². The molecule has 0 atom stereocenters. The van der Waals surface area contributed by atoms with Crippen LogP contribution in [0.1, 0.15) is 6.42 Å². The van der Waals surface area contributed by atoms with E-state index < -0.39 is 0 Å². The van der Waals surface area contributed by atoms with Crippen molar-refractivity contribution in [2.45, 2.75) is 6.42 Å². The zero-order valence-corrected chi connectivity index (χ0v) is 3.85. The molecule has 0 aromatic rings. The summed E-state index contributed by atoms with van der Waals surface area (Å²) in [6.07, 6.45) is 0.361. The molecule has 7 heavy (non-hydrogen) atoms. The molecule has 0 radical (unpaired) electrons. The fourth-order valence-corrected chi connectivity index (χ4v) is 0.504. The summed E-state index contributed by atoms with van der Waals surface area (Å²) in [4.78, 5) is 13.9. The van der Waals surface area contributed by atoms with Crippen molar-refractivity contribution in [3.05, 3.63) is 0 Å². The summed E-state index contributed by atoms with van der Waals surface area (Å²) in [6.45, 7) is 0.297. The van der Waals surface area contributed by atoms with Crippen molar-refractivity contribution in [2.75, 3.05) is 6.54 Å². The van der Waals surface area contributed by atoms with E-state index in [1.54, 1.807) is 0 Å². The molecule has 2 N–H and O–H groups in total. The molecule has 1 aliphatic heterocycles. The average molecular weight is 98.1 g/mol. The third kappa shape index (κ3) is 0.765. The Morgan fingerprint density at radius 1 is 1.71 bits per heavy atom. The van der Waals surface area contributed by atoms with Gasteiger partial charge in [0, 0.05) is 0 Å². The van der Waals surface area contributed by atoms with Crippen LogP contribution in [0.5, 0.6) is 0 Å². The highest BCUT2D eigenvalue weighted by atomic mass is 16.1. The van der Waals surface area contributed by atoms with Crippen molar-refractivity contribution in [2.24, 2.45) is 10.7 Å². The van der Waals surface area contributed by atoms with Crippen molar-refractivity contribution in [3.63, 3.8) is 0 Å². The van der Waals surface area contributed by atoms with Gasteiger partial charge < -0.3 is 5.73 Å². The summed E-state index contributed by atoms with van der Waals surface area (Å²) in [5, 5.41) is 0. The van der Waals surface area contributed by atoms with E-state index in [0.717, 1.165) is 0 Å². The lowest BCUT2D eigenvalue weighted by molar-refractivity contribution is -0.116. The Morgan fingerprint density at radius 2 is 2.43 bits per heavy atom. The molecule has 3 heteroatoms. The molecular formula is C4H6N2O. The fraction of sp³-hybridized carbons (Fsp3) is 0.500. The molecule has 0 fully saturated rings. The minimum atomic E-state index is 0.123. The van der Waals surface area contributed by atoms with E-state index in [1.807, 2.05) is 0 Å². The standard InChI is InChI=1S/C4H6N2O/c5-4-1-3(7)2-6-4/h1-2H2,(H2,5,6). The number of ketones is 1. The van der Waals surface area contributed by atoms with Gasteiger partial charge in [0.25, 0.3) is 0 Å². The first-order valence-electron chi connectivity index (χ1n) is 2.09. The number of rotatable bonds is 0. The molecule has 0 amide bonds. The number of hydrogen-bond acceptors (Lipinski definition) is 3. The second-order valence-electron chi connectivity index (χ2n) is 1.52. The maximum absolute atomic E-state index is 10.3. The Labute approximate surface area is 41.2 Å². The molecule has 0 aromatic heterocycles. The SMILES string of the molecule is NC1=NCC(=O)C1. The van der Waals surface area contributed by atoms with Crippen LogP contribution < -0.4 is 5.73 Å². The van der Waals surface area contributed by atoms with Gasteiger partial charge in [-0.2, -0.15) is 0 Å². The van der Waals surface area contributed by atoms with Gasteiger partial charge in [-0.05, 0) is 0 Å². The number of nitrogens with two attached hydrogens (primary N) is 1. The first-order chi connectivity index (χ1) is 3.29. The molecule has 0 spiro atoms. The fourth-order valence-electron chi connectivity index (χ4n) is 0.504. The summed E-state index contributed by atoms with van der Waals surface area (Å²) >= 11 is 0. The van der Waals surface area contributed by atoms with Crippen LogP contribution in [0.2, 0.25) is 0 Å². The van der Waals surface area contributed by atoms with Crippen LogP contribution in [0.15, 0.2) is 4.99 Å². The van der Waals surface area contributed by atoms with Crippen molar-refractivity contribution in [1.82, 2.24) is 0 Å². The molecule has 1 aliphatic rings. The number of carbonyl (C=O) groups excluding carboxylic acids is 1. The van der Waals surface area contributed by atoms with Crippen LogP contribution in [0.4, 0.5) is 0 Å². The summed E-state index contributed by atoms with van der Waals surface area (Å²) in [7, 11) is 0. The molecule has 1 rings (SSSR count). The Morgan fingerprint density at radius 3 is 2.57 bits per heavy atom. The predicted molar refractivity (Wildman–Crippen MR) is 26.1 cm³/mol. The Bertz CT molecular complexity index is 128. The lowest BCUT2D eigenvalue weighted by Crippen LogP contribution is -2.08. The van der Waals surface area contributed by atoms with Crippen molar-refractivity contribution in [3.8, 4) is 0 Å². The van der Waals surface area contributed by atoms with Gasteiger partial charge >= 0.3 is 0 Å². The van der Waals surface area contributed by atoms with E-state index in [9.17, 15) is 4.79 Å². The quantitative estimate of drug-likeness (QED) is 0.436. The molecule has 38 valence electrons. The number of hydrogen-bond donors (Lipinski definition) is 1. The molecule has 1 heterocycles. The van der Waals surface area contributed by atoms with E-state index in [-0.39, 0.29) is 5.78 Å². The Hall–Kier alpha value is -0.860. The largest absolute Gasteiger partial charge is 0.387 e. The highest BCUT2D eigenvalue weighted by Gasteiger charge is 2.09. The van der Waals surface area contributed by atoms with Crippen LogP contribution in [-0.4, -0.2) is 18.2 Å². The number of amidine groups is 1. The molecule has 0 aliphatic carbocycles. The predicted octanol–water partition coefficient (Wildman–Crippen LogP) is -0.684. The van der Waals surface area contributed by atoms with E-state index in [0.29, 0.717) is 18.8 Å². The normalized spacial score (nSPS) is 20.0. The average Bonchev–Trinajstić information content (AvgIpc) is 1.87. The third-order valence-electron chi connectivity index (χ3n) is 0.837. The van der Waals surface area contributed by atoms with Crippen LogP contribution >= 0.6 is 0 Å². The van der Waals surface area contributed by atoms with Gasteiger partial charge in [-0.3, -0.25) is 9.79 Å². The number of aliphatic imine (C=N–C) groups is 1. The van der Waals surface area contributed by atoms with Gasteiger partial charge in [0.15, 0.2) is 5.78 Å². The second kappa shape index (κ2) is 1.33. The topological polar surface area (TPSA) is 55.4 Å². The van der Waals surface area contributed by atoms with E-state index >= 15 is 0 Å². The lowest BCUT2D eigenvalue weighted by Gasteiger charge is -1.78. The Kier molecular flexibility index (Phi) is 0.817. The van der Waals surface area contributed by atoms with E-state index in [1.165, 1.54) is 0 Å². The van der Waals surface area contributed by atoms with Crippen molar-refractivity contribution in [1.29, 1.82) is 0 Å². The van der Waals surface area contributed by atoms with Crippen LogP contribution in [0, 0.1) is 0 Å². The van der Waals surface area contributed by atoms with Crippen LogP contribution in [-0.2, 0) is 4.79 Å². The summed E-state index contributed by atoms with van der Waals surface area (Å²) in [5.41, 5.74) is 5.15. The minimum Gasteiger partial charge on any atom is -0.387 e. The van der Waals surface area contributed by atoms with Gasteiger partial charge in [0.05, 0.1) is 13.0 Å². The molecule has 0 aromatic carbocycles. The van der Waals surface area contributed by atoms with Gasteiger partial charge in [-0.15, -0.1) is 0 Å². The molecule has 0 bridgehead atoms. The summed E-state index contributed by atoms with van der Waals surface area (Å²) < 4.78 is 0. The molecule has 0 saturated heterocycles. The van der Waals surface area contributed by atoms with Crippen molar-refractivity contribution >= 4 is 11.6 Å².